The fourth-order valence-corrected chi connectivity index (χ4v) is 1.05. The first kappa shape index (κ1) is 7.36. The maximum Gasteiger partial charge on any atom is 0.200 e. The largest absolute Gasteiger partial charge is 0.232 e. The van der Waals surface area contributed by atoms with Crippen molar-refractivity contribution in [3.05, 3.63) is 23.1 Å². The Morgan fingerprint density at radius 2 is 2.17 bits per heavy atom. The van der Waals surface area contributed by atoms with Gasteiger partial charge in [-0.1, -0.05) is 11.6 Å². The highest BCUT2D eigenvalue weighted by Gasteiger charge is 1.99. The summed E-state index contributed by atoms with van der Waals surface area (Å²) in [5.74, 6) is 0.617. The van der Waals surface area contributed by atoms with Gasteiger partial charge >= 0.3 is 0 Å². The number of pyridine rings is 1. The van der Waals surface area contributed by atoms with Crippen molar-refractivity contribution < 1.29 is 0 Å². The lowest BCUT2D eigenvalue weighted by molar-refractivity contribution is 0.938. The molecule has 0 bridgehead atoms. The predicted molar refractivity (Wildman–Crippen MR) is 44.9 cm³/mol. The minimum Gasteiger partial charge on any atom is -0.232 e. The molecule has 0 radical (unpaired) electrons. The zero-order chi connectivity index (χ0) is 8.55. The van der Waals surface area contributed by atoms with Crippen LogP contribution in [-0.2, 0) is 0 Å². The summed E-state index contributed by atoms with van der Waals surface area (Å²) in [6, 6.07) is 1.71. The van der Waals surface area contributed by atoms with E-state index in [0.717, 1.165) is 0 Å². The van der Waals surface area contributed by atoms with E-state index in [9.17, 15) is 0 Å². The zero-order valence-corrected chi connectivity index (χ0v) is 7.08. The molecule has 2 aromatic heterocycles. The van der Waals surface area contributed by atoms with Gasteiger partial charge in [-0.15, -0.1) is 10.2 Å². The van der Waals surface area contributed by atoms with E-state index in [2.05, 4.69) is 20.2 Å². The van der Waals surface area contributed by atoms with Gasteiger partial charge in [0.05, 0.1) is 5.02 Å². The van der Waals surface area contributed by atoms with E-state index in [1.165, 1.54) is 6.20 Å². The lowest BCUT2D eigenvalue weighted by atomic mass is 10.4. The van der Waals surface area contributed by atoms with E-state index in [0.29, 0.717) is 22.0 Å². The molecule has 0 atom stereocenters. The molecule has 0 spiro atoms. The summed E-state index contributed by atoms with van der Waals surface area (Å²) < 4.78 is 0. The van der Waals surface area contributed by atoms with Gasteiger partial charge in [-0.2, -0.15) is 0 Å². The van der Waals surface area contributed by atoms with Crippen molar-refractivity contribution in [3.8, 4) is 0 Å². The van der Waals surface area contributed by atoms with E-state index in [1.807, 2.05) is 0 Å². The molecule has 0 amide bonds. The Kier molecular flexibility index (Phi) is 1.62. The molecule has 0 saturated carbocycles. The minimum absolute atomic E-state index is 0.519. The molecule has 0 fully saturated rings. The Balaban J connectivity index is 2.80. The number of aromatic nitrogens is 4. The highest BCUT2D eigenvalue weighted by atomic mass is 35.5. The van der Waals surface area contributed by atoms with Crippen molar-refractivity contribution in [2.45, 2.75) is 6.92 Å². The maximum absolute atomic E-state index is 5.72. The van der Waals surface area contributed by atoms with Gasteiger partial charge in [0.2, 0.25) is 5.65 Å². The molecule has 60 valence electrons. The number of nitrogens with zero attached hydrogens (tertiary/aromatic N) is 4. The molecule has 0 aliphatic heterocycles. The Labute approximate surface area is 73.6 Å². The molecule has 0 aromatic carbocycles. The SMILES string of the molecule is Cc1nnc2ncc(Cl)cc2n1. The Morgan fingerprint density at radius 3 is 3.00 bits per heavy atom. The Morgan fingerprint density at radius 1 is 1.33 bits per heavy atom. The number of fused-ring (bicyclic) bond motifs is 1. The summed E-state index contributed by atoms with van der Waals surface area (Å²) in [7, 11) is 0. The topological polar surface area (TPSA) is 51.6 Å². The molecule has 0 N–H and O–H groups in total. The summed E-state index contributed by atoms with van der Waals surface area (Å²) in [5, 5.41) is 8.17. The number of rotatable bonds is 0. The summed E-state index contributed by atoms with van der Waals surface area (Å²) in [4.78, 5) is 8.07. The molecule has 2 aromatic rings. The van der Waals surface area contributed by atoms with Crippen LogP contribution in [0.3, 0.4) is 0 Å². The van der Waals surface area contributed by atoms with Gasteiger partial charge in [-0.3, -0.25) is 0 Å². The normalized spacial score (nSPS) is 10.5. The standard InChI is InChI=1S/C7H5ClN4/c1-4-10-6-2-5(8)3-9-7(6)12-11-4/h2-3H,1H3. The van der Waals surface area contributed by atoms with E-state index < -0.39 is 0 Å². The van der Waals surface area contributed by atoms with Crippen molar-refractivity contribution in [3.63, 3.8) is 0 Å². The molecule has 0 saturated heterocycles. The first-order valence-electron chi connectivity index (χ1n) is 3.38. The van der Waals surface area contributed by atoms with Crippen LogP contribution >= 0.6 is 11.6 Å². The molecule has 0 unspecified atom stereocenters. The van der Waals surface area contributed by atoms with Gasteiger partial charge in [0.15, 0.2) is 0 Å². The first-order valence-corrected chi connectivity index (χ1v) is 3.76. The van der Waals surface area contributed by atoms with Crippen LogP contribution in [-0.4, -0.2) is 20.2 Å². The van der Waals surface area contributed by atoms with Crippen molar-refractivity contribution >= 4 is 22.8 Å². The van der Waals surface area contributed by atoms with Crippen LogP contribution in [0.4, 0.5) is 0 Å². The van der Waals surface area contributed by atoms with Crippen molar-refractivity contribution in [1.82, 2.24) is 20.2 Å². The summed E-state index contributed by atoms with van der Waals surface area (Å²) in [6.45, 7) is 1.77. The van der Waals surface area contributed by atoms with E-state index in [1.54, 1.807) is 13.0 Å². The molecule has 2 heterocycles. The summed E-state index contributed by atoms with van der Waals surface area (Å²) >= 11 is 5.72. The molecular formula is C7H5ClN4. The van der Waals surface area contributed by atoms with E-state index >= 15 is 0 Å². The first-order chi connectivity index (χ1) is 5.75. The molecule has 5 heteroatoms. The van der Waals surface area contributed by atoms with Crippen molar-refractivity contribution in [1.29, 1.82) is 0 Å². The van der Waals surface area contributed by atoms with Gasteiger partial charge in [0.25, 0.3) is 0 Å². The lowest BCUT2D eigenvalue weighted by Gasteiger charge is -1.95. The predicted octanol–water partition coefficient (Wildman–Crippen LogP) is 1.38. The van der Waals surface area contributed by atoms with Crippen LogP contribution < -0.4 is 0 Å². The van der Waals surface area contributed by atoms with E-state index in [-0.39, 0.29) is 0 Å². The van der Waals surface area contributed by atoms with Gasteiger partial charge in [-0.05, 0) is 13.0 Å². The van der Waals surface area contributed by atoms with Gasteiger partial charge in [-0.25, -0.2) is 9.97 Å². The van der Waals surface area contributed by atoms with Crippen molar-refractivity contribution in [2.24, 2.45) is 0 Å². The smallest absolute Gasteiger partial charge is 0.200 e. The third-order valence-electron chi connectivity index (χ3n) is 1.39. The molecule has 12 heavy (non-hydrogen) atoms. The van der Waals surface area contributed by atoms with Crippen LogP contribution in [0.5, 0.6) is 0 Å². The fraction of sp³-hybridized carbons (Fsp3) is 0.143. The molecule has 0 aliphatic carbocycles. The fourth-order valence-electron chi connectivity index (χ4n) is 0.897. The van der Waals surface area contributed by atoms with Crippen molar-refractivity contribution in [2.75, 3.05) is 0 Å². The minimum atomic E-state index is 0.519. The maximum atomic E-state index is 5.72. The second kappa shape index (κ2) is 2.64. The summed E-state index contributed by atoms with van der Waals surface area (Å²) in [5.41, 5.74) is 1.19. The quantitative estimate of drug-likeness (QED) is 0.615. The third-order valence-corrected chi connectivity index (χ3v) is 1.59. The number of hydrogen-bond donors (Lipinski definition) is 0. The monoisotopic (exact) mass is 180 g/mol. The second-order valence-electron chi connectivity index (χ2n) is 2.36. The van der Waals surface area contributed by atoms with Crippen LogP contribution in [0.15, 0.2) is 12.3 Å². The zero-order valence-electron chi connectivity index (χ0n) is 6.32. The lowest BCUT2D eigenvalue weighted by Crippen LogP contribution is -1.94. The highest BCUT2D eigenvalue weighted by molar-refractivity contribution is 6.30. The molecule has 2 rings (SSSR count). The van der Waals surface area contributed by atoms with Gasteiger partial charge in [0, 0.05) is 6.20 Å². The molecule has 0 aliphatic rings. The average molecular weight is 181 g/mol. The molecule has 4 nitrogen and oxygen atoms in total. The number of aryl methyl sites for hydroxylation is 1. The van der Waals surface area contributed by atoms with Crippen LogP contribution in [0.2, 0.25) is 5.02 Å². The summed E-state index contributed by atoms with van der Waals surface area (Å²) in [6.07, 6.45) is 1.52. The second-order valence-corrected chi connectivity index (χ2v) is 2.79. The van der Waals surface area contributed by atoms with Crippen LogP contribution in [0.25, 0.3) is 11.2 Å². The third kappa shape index (κ3) is 1.21. The molecular weight excluding hydrogens is 176 g/mol. The van der Waals surface area contributed by atoms with E-state index in [4.69, 9.17) is 11.6 Å². The average Bonchev–Trinajstić information content (AvgIpc) is 2.03. The number of hydrogen-bond acceptors (Lipinski definition) is 4. The highest BCUT2D eigenvalue weighted by Crippen LogP contribution is 2.11. The van der Waals surface area contributed by atoms with Gasteiger partial charge in [0.1, 0.15) is 11.3 Å². The number of halogens is 1. The van der Waals surface area contributed by atoms with Crippen LogP contribution in [0, 0.1) is 6.92 Å². The Bertz CT molecular complexity index is 392. The van der Waals surface area contributed by atoms with Crippen LogP contribution in [0.1, 0.15) is 5.82 Å². The van der Waals surface area contributed by atoms with Gasteiger partial charge < -0.3 is 0 Å². The Hall–Kier alpha value is -1.29.